The summed E-state index contributed by atoms with van der Waals surface area (Å²) in [4.78, 5) is 133. The molecule has 0 unspecified atom stereocenters. The molecule has 2 rings (SSSR count). The first kappa shape index (κ1) is 46.0. The minimum atomic E-state index is -1.85. The molecule has 7 amide bonds. The van der Waals surface area contributed by atoms with Crippen LogP contribution in [0.5, 0.6) is 0 Å². The lowest BCUT2D eigenvalue weighted by Gasteiger charge is -2.29. The number of aromatic nitrogens is 2. The van der Waals surface area contributed by atoms with E-state index >= 15 is 0 Å². The van der Waals surface area contributed by atoms with Gasteiger partial charge in [-0.25, -0.2) is 9.78 Å². The van der Waals surface area contributed by atoms with Crippen molar-refractivity contribution in [2.75, 3.05) is 6.54 Å². The number of imidazole rings is 1. The van der Waals surface area contributed by atoms with Crippen LogP contribution in [0.3, 0.4) is 0 Å². The van der Waals surface area contributed by atoms with Gasteiger partial charge >= 0.3 is 17.9 Å². The Hall–Kier alpha value is -6.13. The number of hydrogen-bond donors (Lipinski definition) is 11. The van der Waals surface area contributed by atoms with Crippen molar-refractivity contribution in [1.82, 2.24) is 41.5 Å². The van der Waals surface area contributed by atoms with E-state index in [1.165, 1.54) is 24.3 Å². The number of hydrogen-bond acceptors (Lipinski definition) is 12. The second-order valence-electron chi connectivity index (χ2n) is 13.7. The molecule has 1 fully saturated rings. The summed E-state index contributed by atoms with van der Waals surface area (Å²) in [6.45, 7) is 4.81. The molecule has 0 spiro atoms. The Bertz CT molecular complexity index is 1620. The van der Waals surface area contributed by atoms with Crippen molar-refractivity contribution in [1.29, 1.82) is 0 Å². The van der Waals surface area contributed by atoms with Crippen LogP contribution >= 0.6 is 0 Å². The Balaban J connectivity index is 2.16. The van der Waals surface area contributed by atoms with Crippen LogP contribution in [0.15, 0.2) is 12.5 Å². The maximum atomic E-state index is 13.4. The molecule has 2 heterocycles. The number of nitrogens with zero attached hydrogens (tertiary/aromatic N) is 2. The summed E-state index contributed by atoms with van der Waals surface area (Å²) in [6, 6.07) is -9.99. The quantitative estimate of drug-likeness (QED) is 0.0504. The Morgan fingerprint density at radius 3 is 1.98 bits per heavy atom. The van der Waals surface area contributed by atoms with E-state index in [1.54, 1.807) is 13.8 Å². The molecule has 0 bridgehead atoms. The largest absolute Gasteiger partial charge is 0.481 e. The molecule has 1 aromatic heterocycles. The van der Waals surface area contributed by atoms with Gasteiger partial charge in [-0.15, -0.1) is 0 Å². The highest BCUT2D eigenvalue weighted by Gasteiger charge is 2.38. The predicted octanol–water partition coefficient (Wildman–Crippen LogP) is -3.94. The van der Waals surface area contributed by atoms with Gasteiger partial charge < -0.3 is 63.3 Å². The van der Waals surface area contributed by atoms with E-state index in [4.69, 9.17) is 11.5 Å². The molecule has 0 radical (unpaired) electrons. The summed E-state index contributed by atoms with van der Waals surface area (Å²) in [5.74, 6) is -11.3. The van der Waals surface area contributed by atoms with Gasteiger partial charge in [0.25, 0.3) is 0 Å². The lowest BCUT2D eigenvalue weighted by Crippen LogP contribution is -2.59. The number of carboxylic acids is 3. The molecule has 1 aliphatic heterocycles. The summed E-state index contributed by atoms with van der Waals surface area (Å²) in [5.41, 5.74) is 11.7. The summed E-state index contributed by atoms with van der Waals surface area (Å²) in [6.07, 6.45) is 0.895. The zero-order valence-electron chi connectivity index (χ0n) is 31.1. The summed E-state index contributed by atoms with van der Waals surface area (Å²) in [5, 5.41) is 39.3. The second-order valence-corrected chi connectivity index (χ2v) is 13.7. The molecule has 13 N–H and O–H groups in total. The van der Waals surface area contributed by atoms with E-state index in [2.05, 4.69) is 31.2 Å². The number of H-pyrrole nitrogens is 1. The Morgan fingerprint density at radius 2 is 1.43 bits per heavy atom. The third kappa shape index (κ3) is 14.9. The number of rotatable bonds is 23. The maximum Gasteiger partial charge on any atom is 0.326 e. The number of primary amides is 1. The van der Waals surface area contributed by atoms with E-state index in [1.807, 2.05) is 5.32 Å². The van der Waals surface area contributed by atoms with Gasteiger partial charge in [0.2, 0.25) is 41.4 Å². The van der Waals surface area contributed by atoms with Crippen LogP contribution in [-0.4, -0.2) is 138 Å². The van der Waals surface area contributed by atoms with Gasteiger partial charge in [-0.1, -0.05) is 13.8 Å². The van der Waals surface area contributed by atoms with Crippen molar-refractivity contribution in [3.05, 3.63) is 18.2 Å². The van der Waals surface area contributed by atoms with Gasteiger partial charge in [0.1, 0.15) is 36.3 Å². The first-order valence-electron chi connectivity index (χ1n) is 17.7. The standard InChI is InChI=1S/C33H50N10O13/c1-15(2)9-20(29(51)41-21(12-26(47)48)30(52)42-22(33(55)56)11-24(35)44)40-27(49)16(3)38-28(50)19(6-7-25(45)46)39-31(53)23-5-4-8-43(23)32(54)18(34)10-17-13-36-14-37-17/h13-16,18-23H,4-12,34H2,1-3H3,(H2,35,44)(H,36,37)(H,38,50)(H,39,53)(H,40,49)(H,41,51)(H,42,52)(H,45,46)(H,47,48)(H,55,56)/t16-,18-,19-,20-,21-,22-,23-/m0/s1. The number of likely N-dealkylation sites (tertiary alicyclic amines) is 1. The predicted molar refractivity (Wildman–Crippen MR) is 190 cm³/mol. The lowest BCUT2D eigenvalue weighted by molar-refractivity contribution is -0.145. The lowest BCUT2D eigenvalue weighted by atomic mass is 10.0. The van der Waals surface area contributed by atoms with Crippen LogP contribution in [-0.2, 0) is 54.4 Å². The van der Waals surface area contributed by atoms with E-state index < -0.39 is 127 Å². The summed E-state index contributed by atoms with van der Waals surface area (Å²) < 4.78 is 0. The number of nitrogens with one attached hydrogen (secondary N) is 6. The molecule has 1 aromatic rings. The van der Waals surface area contributed by atoms with Crippen molar-refractivity contribution >= 4 is 59.3 Å². The maximum absolute atomic E-state index is 13.4. The second kappa shape index (κ2) is 21.7. The monoisotopic (exact) mass is 794 g/mol. The van der Waals surface area contributed by atoms with Crippen molar-refractivity contribution in [2.24, 2.45) is 17.4 Å². The first-order chi connectivity index (χ1) is 26.2. The highest BCUT2D eigenvalue weighted by atomic mass is 16.4. The minimum Gasteiger partial charge on any atom is -0.481 e. The van der Waals surface area contributed by atoms with Crippen molar-refractivity contribution in [2.45, 2.75) is 114 Å². The Morgan fingerprint density at radius 1 is 0.821 bits per heavy atom. The molecule has 7 atom stereocenters. The van der Waals surface area contributed by atoms with Crippen LogP contribution in [0.2, 0.25) is 0 Å². The molecule has 1 aliphatic rings. The van der Waals surface area contributed by atoms with Gasteiger partial charge in [0.15, 0.2) is 0 Å². The number of amides is 7. The molecule has 1 saturated heterocycles. The van der Waals surface area contributed by atoms with Gasteiger partial charge in [-0.05, 0) is 38.5 Å². The number of carboxylic acid groups (broad SMARTS) is 3. The molecule has 23 heteroatoms. The van der Waals surface area contributed by atoms with Crippen molar-refractivity contribution < 1.29 is 63.3 Å². The third-order valence-electron chi connectivity index (χ3n) is 8.55. The molecular weight excluding hydrogens is 744 g/mol. The molecule has 23 nitrogen and oxygen atoms in total. The highest BCUT2D eigenvalue weighted by molar-refractivity contribution is 5.98. The smallest absolute Gasteiger partial charge is 0.326 e. The highest BCUT2D eigenvalue weighted by Crippen LogP contribution is 2.20. The molecule has 0 saturated carbocycles. The number of nitrogens with two attached hydrogens (primary N) is 2. The normalized spacial score (nSPS) is 16.9. The van der Waals surface area contributed by atoms with Crippen molar-refractivity contribution in [3.8, 4) is 0 Å². The number of aromatic amines is 1. The van der Waals surface area contributed by atoms with Crippen LogP contribution in [0.1, 0.15) is 71.4 Å². The first-order valence-corrected chi connectivity index (χ1v) is 17.7. The number of carbonyl (C=O) groups is 10. The van der Waals surface area contributed by atoms with E-state index in [-0.39, 0.29) is 31.7 Å². The van der Waals surface area contributed by atoms with Crippen LogP contribution in [0.4, 0.5) is 0 Å². The van der Waals surface area contributed by atoms with Crippen molar-refractivity contribution in [3.63, 3.8) is 0 Å². The molecule has 0 aliphatic carbocycles. The zero-order valence-corrected chi connectivity index (χ0v) is 31.1. The summed E-state index contributed by atoms with van der Waals surface area (Å²) in [7, 11) is 0. The van der Waals surface area contributed by atoms with Gasteiger partial charge in [0, 0.05) is 31.3 Å². The van der Waals surface area contributed by atoms with E-state index in [0.717, 1.165) is 0 Å². The third-order valence-corrected chi connectivity index (χ3v) is 8.55. The molecule has 0 aromatic carbocycles. The number of aliphatic carboxylic acids is 3. The average Bonchev–Trinajstić information content (AvgIpc) is 3.80. The minimum absolute atomic E-state index is 0.0570. The SMILES string of the molecule is CC(C)C[C@H](NC(=O)[C@H](C)NC(=O)[C@H](CCC(=O)O)NC(=O)[C@@H]1CCCN1C(=O)[C@@H](N)Cc1cnc[nH]1)C(=O)N[C@@H](CC(=O)O)C(=O)N[C@@H](CC(N)=O)C(=O)O. The average molecular weight is 795 g/mol. The van der Waals surface area contributed by atoms with Crippen LogP contribution in [0, 0.1) is 5.92 Å². The molecule has 56 heavy (non-hydrogen) atoms. The van der Waals surface area contributed by atoms with Gasteiger partial charge in [-0.3, -0.25) is 43.2 Å². The van der Waals surface area contributed by atoms with E-state index in [0.29, 0.717) is 12.1 Å². The van der Waals surface area contributed by atoms with Gasteiger partial charge in [0.05, 0.1) is 25.2 Å². The summed E-state index contributed by atoms with van der Waals surface area (Å²) >= 11 is 0. The van der Waals surface area contributed by atoms with Gasteiger partial charge in [-0.2, -0.15) is 0 Å². The molecule has 310 valence electrons. The topological polar surface area (TPSA) is 376 Å². The Kier molecular flexibility index (Phi) is 17.8. The molecular formula is C33H50N10O13. The zero-order chi connectivity index (χ0) is 42.3. The fourth-order valence-electron chi connectivity index (χ4n) is 5.75. The number of carbonyl (C=O) groups excluding carboxylic acids is 7. The van der Waals surface area contributed by atoms with E-state index in [9.17, 15) is 63.3 Å². The fraction of sp³-hybridized carbons (Fsp3) is 0.606. The Labute approximate surface area is 320 Å². The van der Waals surface area contributed by atoms with Crippen LogP contribution in [0.25, 0.3) is 0 Å². The van der Waals surface area contributed by atoms with Crippen LogP contribution < -0.4 is 38.1 Å². The fourth-order valence-corrected chi connectivity index (χ4v) is 5.75.